The molecule has 25 heavy (non-hydrogen) atoms. The molecule has 8 heteroatoms. The van der Waals surface area contributed by atoms with Crippen LogP contribution in [-0.4, -0.2) is 12.4 Å². The van der Waals surface area contributed by atoms with Crippen molar-refractivity contribution < 1.29 is 26.3 Å². The van der Waals surface area contributed by atoms with Gasteiger partial charge in [-0.05, 0) is 37.1 Å². The maximum atomic E-state index is 14.0. The molecule has 0 fully saturated rings. The Morgan fingerprint density at radius 1 is 0.640 bits per heavy atom. The van der Waals surface area contributed by atoms with E-state index in [1.165, 1.54) is 13.8 Å². The summed E-state index contributed by atoms with van der Waals surface area (Å²) in [6.07, 6.45) is -11.4. The van der Waals surface area contributed by atoms with E-state index < -0.39 is 40.3 Å². The van der Waals surface area contributed by atoms with Crippen molar-refractivity contribution in [1.29, 1.82) is 0 Å². The Morgan fingerprint density at radius 3 is 1.20 bits per heavy atom. The lowest BCUT2D eigenvalue weighted by molar-refractivity contribution is -0.288. The van der Waals surface area contributed by atoms with E-state index in [1.54, 1.807) is 0 Å². The van der Waals surface area contributed by atoms with Crippen LogP contribution in [0.4, 0.5) is 37.7 Å². The second-order valence-electron chi connectivity index (χ2n) is 5.93. The molecule has 2 rings (SSSR count). The molecule has 0 spiro atoms. The molecule has 0 bridgehead atoms. The van der Waals surface area contributed by atoms with E-state index in [1.807, 2.05) is 0 Å². The number of hydrogen-bond donors (Lipinski definition) is 2. The first-order valence-corrected chi connectivity index (χ1v) is 7.19. The molecular formula is C17H16F6N2. The molecule has 2 aromatic carbocycles. The molecule has 0 atom stereocenters. The lowest BCUT2D eigenvalue weighted by Gasteiger charge is -2.39. The molecule has 2 aromatic rings. The van der Waals surface area contributed by atoms with Crippen LogP contribution in [0.2, 0.25) is 0 Å². The molecule has 2 nitrogen and oxygen atoms in total. The van der Waals surface area contributed by atoms with Gasteiger partial charge < -0.3 is 11.5 Å². The van der Waals surface area contributed by atoms with E-state index in [4.69, 9.17) is 11.5 Å². The molecule has 0 heterocycles. The Labute approximate surface area is 140 Å². The fraction of sp³-hybridized carbons (Fsp3) is 0.294. The topological polar surface area (TPSA) is 52.0 Å². The van der Waals surface area contributed by atoms with Crippen LogP contribution < -0.4 is 11.5 Å². The minimum Gasteiger partial charge on any atom is -0.398 e. The van der Waals surface area contributed by atoms with Gasteiger partial charge in [0.25, 0.3) is 0 Å². The van der Waals surface area contributed by atoms with E-state index in [0.29, 0.717) is 11.1 Å². The Kier molecular flexibility index (Phi) is 4.44. The third-order valence-electron chi connectivity index (χ3n) is 4.07. The first kappa shape index (κ1) is 19.0. The minimum atomic E-state index is -5.71. The number of rotatable bonds is 2. The lowest BCUT2D eigenvalue weighted by Crippen LogP contribution is -2.55. The van der Waals surface area contributed by atoms with Gasteiger partial charge in [0.2, 0.25) is 5.41 Å². The number of nitrogen functional groups attached to an aromatic ring is 2. The monoisotopic (exact) mass is 362 g/mol. The van der Waals surface area contributed by atoms with Crippen molar-refractivity contribution >= 4 is 11.4 Å². The van der Waals surface area contributed by atoms with Crippen LogP contribution >= 0.6 is 0 Å². The standard InChI is InChI=1S/C17H16F6N2/c1-9-3-5-11(13(24)7-9)15(16(18,19)20,17(21,22)23)12-6-4-10(2)8-14(12)25/h3-8H,24-25H2,1-2H3. The summed E-state index contributed by atoms with van der Waals surface area (Å²) in [7, 11) is 0. The maximum Gasteiger partial charge on any atom is 0.411 e. The first-order valence-electron chi connectivity index (χ1n) is 7.19. The number of alkyl halides is 6. The molecular weight excluding hydrogens is 346 g/mol. The third kappa shape index (κ3) is 2.89. The van der Waals surface area contributed by atoms with Gasteiger partial charge >= 0.3 is 12.4 Å². The maximum absolute atomic E-state index is 14.0. The van der Waals surface area contributed by atoms with Crippen LogP contribution in [0, 0.1) is 13.8 Å². The zero-order chi connectivity index (χ0) is 19.2. The summed E-state index contributed by atoms with van der Waals surface area (Å²) in [6, 6.07) is 5.97. The van der Waals surface area contributed by atoms with Gasteiger partial charge in [0.1, 0.15) is 0 Å². The minimum absolute atomic E-state index is 0.441. The van der Waals surface area contributed by atoms with Gasteiger partial charge in [-0.2, -0.15) is 26.3 Å². The number of aryl methyl sites for hydroxylation is 2. The summed E-state index contributed by atoms with van der Waals surface area (Å²) in [4.78, 5) is 0. The van der Waals surface area contributed by atoms with Crippen molar-refractivity contribution in [3.63, 3.8) is 0 Å². The largest absolute Gasteiger partial charge is 0.411 e. The Balaban J connectivity index is 3.02. The predicted octanol–water partition coefficient (Wildman–Crippen LogP) is 4.88. The summed E-state index contributed by atoms with van der Waals surface area (Å²) in [5, 5.41) is 0. The van der Waals surface area contributed by atoms with Crippen LogP contribution in [0.5, 0.6) is 0 Å². The van der Waals surface area contributed by atoms with Gasteiger partial charge in [-0.3, -0.25) is 0 Å². The highest BCUT2D eigenvalue weighted by atomic mass is 19.4. The van der Waals surface area contributed by atoms with Crippen molar-refractivity contribution in [2.24, 2.45) is 0 Å². The number of halogens is 6. The second-order valence-corrected chi connectivity index (χ2v) is 5.93. The smallest absolute Gasteiger partial charge is 0.398 e. The van der Waals surface area contributed by atoms with Gasteiger partial charge in [0, 0.05) is 22.5 Å². The first-order chi connectivity index (χ1) is 11.3. The summed E-state index contributed by atoms with van der Waals surface area (Å²) in [5.41, 5.74) is 4.33. The SMILES string of the molecule is Cc1ccc(C(c2ccc(C)cc2N)(C(F)(F)F)C(F)(F)F)c(N)c1. The molecule has 4 N–H and O–H groups in total. The van der Waals surface area contributed by atoms with Crippen LogP contribution in [0.15, 0.2) is 36.4 Å². The summed E-state index contributed by atoms with van der Waals surface area (Å²) < 4.78 is 83.8. The number of anilines is 2. The van der Waals surface area contributed by atoms with E-state index in [2.05, 4.69) is 0 Å². The zero-order valence-electron chi connectivity index (χ0n) is 13.4. The van der Waals surface area contributed by atoms with Gasteiger partial charge in [-0.25, -0.2) is 0 Å². The highest BCUT2D eigenvalue weighted by molar-refractivity contribution is 5.64. The fourth-order valence-corrected chi connectivity index (χ4v) is 2.96. The van der Waals surface area contributed by atoms with Crippen molar-refractivity contribution in [3.8, 4) is 0 Å². The number of hydrogen-bond acceptors (Lipinski definition) is 2. The molecule has 0 saturated carbocycles. The van der Waals surface area contributed by atoms with Crippen LogP contribution in [0.25, 0.3) is 0 Å². The Morgan fingerprint density at radius 2 is 0.960 bits per heavy atom. The van der Waals surface area contributed by atoms with Crippen molar-refractivity contribution in [2.75, 3.05) is 11.5 Å². The van der Waals surface area contributed by atoms with E-state index in [9.17, 15) is 26.3 Å². The summed E-state index contributed by atoms with van der Waals surface area (Å²) >= 11 is 0. The highest BCUT2D eigenvalue weighted by Crippen LogP contribution is 2.58. The van der Waals surface area contributed by atoms with Gasteiger partial charge in [0.15, 0.2) is 0 Å². The average molecular weight is 362 g/mol. The molecule has 136 valence electrons. The molecule has 0 radical (unpaired) electrons. The zero-order valence-corrected chi connectivity index (χ0v) is 13.4. The molecule has 0 amide bonds. The van der Waals surface area contributed by atoms with Crippen molar-refractivity contribution in [2.45, 2.75) is 31.6 Å². The van der Waals surface area contributed by atoms with Crippen molar-refractivity contribution in [3.05, 3.63) is 58.7 Å². The molecule has 0 aliphatic carbocycles. The Bertz CT molecular complexity index is 725. The van der Waals surface area contributed by atoms with Crippen molar-refractivity contribution in [1.82, 2.24) is 0 Å². The normalized spacial score (nSPS) is 13.1. The summed E-state index contributed by atoms with van der Waals surface area (Å²) in [5.74, 6) is 0. The molecule has 0 aliphatic heterocycles. The molecule has 0 aromatic heterocycles. The third-order valence-corrected chi connectivity index (χ3v) is 4.07. The van der Waals surface area contributed by atoms with Gasteiger partial charge in [0.05, 0.1) is 0 Å². The number of nitrogens with two attached hydrogens (primary N) is 2. The van der Waals surface area contributed by atoms with E-state index in [-0.39, 0.29) is 0 Å². The highest BCUT2D eigenvalue weighted by Gasteiger charge is 2.73. The number of benzene rings is 2. The Hall–Kier alpha value is -2.38. The molecule has 0 saturated heterocycles. The lowest BCUT2D eigenvalue weighted by atomic mass is 9.71. The fourth-order valence-electron chi connectivity index (χ4n) is 2.96. The van der Waals surface area contributed by atoms with Crippen LogP contribution in [-0.2, 0) is 5.41 Å². The molecule has 0 unspecified atom stereocenters. The average Bonchev–Trinajstić information content (AvgIpc) is 2.40. The van der Waals surface area contributed by atoms with Crippen LogP contribution in [0.3, 0.4) is 0 Å². The molecule has 0 aliphatic rings. The summed E-state index contributed by atoms with van der Waals surface area (Å²) in [6.45, 7) is 3.03. The van der Waals surface area contributed by atoms with E-state index in [0.717, 1.165) is 36.4 Å². The quantitative estimate of drug-likeness (QED) is 0.591. The predicted molar refractivity (Wildman–Crippen MR) is 84.1 cm³/mol. The van der Waals surface area contributed by atoms with Gasteiger partial charge in [-0.15, -0.1) is 0 Å². The van der Waals surface area contributed by atoms with Crippen LogP contribution in [0.1, 0.15) is 22.3 Å². The van der Waals surface area contributed by atoms with Gasteiger partial charge in [-0.1, -0.05) is 24.3 Å². The van der Waals surface area contributed by atoms with E-state index >= 15 is 0 Å². The second kappa shape index (κ2) is 5.86.